The second-order valence-corrected chi connectivity index (χ2v) is 7.90. The standard InChI is InChI=1S/C19H25FN4O3/c1-19(2,3)27-18(25)24-6-4-23(5-7-24)15-9-16-13(8-12(22)11-26-16)17(20)14(15)10-21/h9,12H,4-8,11,22H2,1-3H3/t12-/m1/s1. The van der Waals surface area contributed by atoms with Crippen LogP contribution in [-0.4, -0.2) is 55.4 Å². The number of carbonyl (C=O) groups excluding carboxylic acids is 1. The lowest BCUT2D eigenvalue weighted by molar-refractivity contribution is 0.0240. The van der Waals surface area contributed by atoms with Gasteiger partial charge in [-0.3, -0.25) is 0 Å². The van der Waals surface area contributed by atoms with E-state index in [1.165, 1.54) is 0 Å². The molecule has 0 aromatic heterocycles. The van der Waals surface area contributed by atoms with Crippen LogP contribution >= 0.6 is 0 Å². The van der Waals surface area contributed by atoms with E-state index in [0.29, 0.717) is 56.2 Å². The van der Waals surface area contributed by atoms with Crippen molar-refractivity contribution in [1.29, 1.82) is 5.26 Å². The van der Waals surface area contributed by atoms with Crippen LogP contribution in [0.1, 0.15) is 31.9 Å². The summed E-state index contributed by atoms with van der Waals surface area (Å²) in [4.78, 5) is 15.7. The first-order valence-corrected chi connectivity index (χ1v) is 9.06. The van der Waals surface area contributed by atoms with Crippen molar-refractivity contribution in [2.45, 2.75) is 38.8 Å². The summed E-state index contributed by atoms with van der Waals surface area (Å²) in [6.45, 7) is 7.61. The third kappa shape index (κ3) is 4.08. The number of nitriles is 1. The Morgan fingerprint density at radius 3 is 2.63 bits per heavy atom. The van der Waals surface area contributed by atoms with Gasteiger partial charge >= 0.3 is 6.09 Å². The number of ether oxygens (including phenoxy) is 2. The Labute approximate surface area is 158 Å². The van der Waals surface area contributed by atoms with Gasteiger partial charge in [0.2, 0.25) is 0 Å². The van der Waals surface area contributed by atoms with Crippen molar-refractivity contribution in [2.24, 2.45) is 5.73 Å². The number of piperazine rings is 1. The summed E-state index contributed by atoms with van der Waals surface area (Å²) in [5.74, 6) is -0.118. The maximum Gasteiger partial charge on any atom is 0.410 e. The first kappa shape index (κ1) is 19.2. The molecule has 0 bridgehead atoms. The van der Waals surface area contributed by atoms with E-state index < -0.39 is 11.4 Å². The van der Waals surface area contributed by atoms with Gasteiger partial charge in [-0.25, -0.2) is 9.18 Å². The third-order valence-corrected chi connectivity index (χ3v) is 4.61. The van der Waals surface area contributed by atoms with E-state index in [-0.39, 0.29) is 17.7 Å². The van der Waals surface area contributed by atoms with E-state index >= 15 is 0 Å². The van der Waals surface area contributed by atoms with E-state index in [1.807, 2.05) is 31.7 Å². The van der Waals surface area contributed by atoms with Gasteiger partial charge in [-0.05, 0) is 27.2 Å². The molecule has 8 heteroatoms. The smallest absolute Gasteiger partial charge is 0.410 e. The largest absolute Gasteiger partial charge is 0.491 e. The number of benzene rings is 1. The van der Waals surface area contributed by atoms with Gasteiger partial charge in [0.05, 0.1) is 5.69 Å². The highest BCUT2D eigenvalue weighted by molar-refractivity contribution is 5.70. The quantitative estimate of drug-likeness (QED) is 0.806. The molecule has 1 fully saturated rings. The second kappa shape index (κ2) is 7.24. The van der Waals surface area contributed by atoms with Crippen molar-refractivity contribution in [3.63, 3.8) is 0 Å². The van der Waals surface area contributed by atoms with Crippen LogP contribution in [0, 0.1) is 17.1 Å². The minimum Gasteiger partial charge on any atom is -0.491 e. The van der Waals surface area contributed by atoms with Crippen LogP contribution in [0.4, 0.5) is 14.9 Å². The Kier molecular flexibility index (Phi) is 5.16. The molecule has 2 heterocycles. The Hall–Kier alpha value is -2.53. The number of nitrogens with zero attached hydrogens (tertiary/aromatic N) is 3. The zero-order chi connectivity index (χ0) is 19.8. The maximum absolute atomic E-state index is 14.9. The fraction of sp³-hybridized carbons (Fsp3) is 0.579. The van der Waals surface area contributed by atoms with E-state index in [0.717, 1.165) is 0 Å². The first-order chi connectivity index (χ1) is 12.7. The molecule has 7 nitrogen and oxygen atoms in total. The Morgan fingerprint density at radius 1 is 1.37 bits per heavy atom. The Balaban J connectivity index is 1.78. The van der Waals surface area contributed by atoms with E-state index in [9.17, 15) is 14.4 Å². The van der Waals surface area contributed by atoms with Crippen LogP contribution in [0.5, 0.6) is 5.75 Å². The van der Waals surface area contributed by atoms with Gasteiger partial charge in [0.15, 0.2) is 0 Å². The predicted molar refractivity (Wildman–Crippen MR) is 98.3 cm³/mol. The molecular weight excluding hydrogens is 351 g/mol. The molecule has 146 valence electrons. The lowest BCUT2D eigenvalue weighted by atomic mass is 9.98. The highest BCUT2D eigenvalue weighted by Crippen LogP contribution is 2.36. The van der Waals surface area contributed by atoms with E-state index in [1.54, 1.807) is 11.0 Å². The van der Waals surface area contributed by atoms with Crippen LogP contribution in [0.25, 0.3) is 0 Å². The monoisotopic (exact) mass is 376 g/mol. The number of rotatable bonds is 1. The number of hydrogen-bond donors (Lipinski definition) is 1. The average Bonchev–Trinajstić information content (AvgIpc) is 2.61. The molecular formula is C19H25FN4O3. The van der Waals surface area contributed by atoms with Crippen molar-refractivity contribution < 1.29 is 18.7 Å². The zero-order valence-corrected chi connectivity index (χ0v) is 15.9. The third-order valence-electron chi connectivity index (χ3n) is 4.61. The van der Waals surface area contributed by atoms with Crippen molar-refractivity contribution in [2.75, 3.05) is 37.7 Å². The average molecular weight is 376 g/mol. The highest BCUT2D eigenvalue weighted by Gasteiger charge is 2.30. The minimum atomic E-state index is -0.560. The number of amides is 1. The molecule has 2 aliphatic rings. The molecule has 2 N–H and O–H groups in total. The minimum absolute atomic E-state index is 0.00262. The lowest BCUT2D eigenvalue weighted by Crippen LogP contribution is -2.50. The number of halogens is 1. The van der Waals surface area contributed by atoms with Crippen LogP contribution in [0.3, 0.4) is 0 Å². The molecule has 1 amide bonds. The molecule has 3 rings (SSSR count). The van der Waals surface area contributed by atoms with Gasteiger partial charge in [0.1, 0.15) is 35.4 Å². The summed E-state index contributed by atoms with van der Waals surface area (Å²) >= 11 is 0. The molecule has 0 aliphatic carbocycles. The van der Waals surface area contributed by atoms with E-state index in [4.69, 9.17) is 15.2 Å². The number of anilines is 1. The molecule has 1 aromatic rings. The fourth-order valence-electron chi connectivity index (χ4n) is 3.30. The van der Waals surface area contributed by atoms with Gasteiger partial charge in [-0.2, -0.15) is 5.26 Å². The molecule has 2 aliphatic heterocycles. The normalized spacial score (nSPS) is 19.8. The number of hydrogen-bond acceptors (Lipinski definition) is 6. The zero-order valence-electron chi connectivity index (χ0n) is 15.9. The SMILES string of the molecule is CC(C)(C)OC(=O)N1CCN(c2cc3c(c(F)c2C#N)C[C@@H](N)CO3)CC1. The van der Waals surface area contributed by atoms with E-state index in [2.05, 4.69) is 0 Å². The number of nitrogens with two attached hydrogens (primary N) is 1. The number of fused-ring (bicyclic) bond motifs is 1. The maximum atomic E-state index is 14.9. The lowest BCUT2D eigenvalue weighted by Gasteiger charge is -2.37. The van der Waals surface area contributed by atoms with Crippen LogP contribution in [0.2, 0.25) is 0 Å². The molecule has 1 atom stereocenters. The van der Waals surface area contributed by atoms with Gasteiger partial charge in [-0.1, -0.05) is 0 Å². The fourth-order valence-corrected chi connectivity index (χ4v) is 3.30. The first-order valence-electron chi connectivity index (χ1n) is 9.06. The Bertz CT molecular complexity index is 777. The molecule has 1 aromatic carbocycles. The second-order valence-electron chi connectivity index (χ2n) is 7.90. The van der Waals surface area contributed by atoms with Crippen LogP contribution in [0.15, 0.2) is 6.07 Å². The van der Waals surface area contributed by atoms with Gasteiger partial charge in [-0.15, -0.1) is 0 Å². The summed E-state index contributed by atoms with van der Waals surface area (Å²) in [6.07, 6.45) is -0.0145. The van der Waals surface area contributed by atoms with Crippen molar-refractivity contribution >= 4 is 11.8 Å². The molecule has 0 saturated carbocycles. The summed E-state index contributed by atoms with van der Waals surface area (Å²) in [5, 5.41) is 9.49. The Morgan fingerprint density at radius 2 is 2.04 bits per heavy atom. The van der Waals surface area contributed by atoms with Gasteiger partial charge in [0, 0.05) is 43.9 Å². The molecule has 1 saturated heterocycles. The highest BCUT2D eigenvalue weighted by atomic mass is 19.1. The summed E-state index contributed by atoms with van der Waals surface area (Å²) in [7, 11) is 0. The van der Waals surface area contributed by atoms with Crippen LogP contribution < -0.4 is 15.4 Å². The molecule has 0 spiro atoms. The summed E-state index contributed by atoms with van der Waals surface area (Å²) in [5.41, 5.74) is 6.14. The van der Waals surface area contributed by atoms with Gasteiger partial charge in [0.25, 0.3) is 0 Å². The van der Waals surface area contributed by atoms with Crippen molar-refractivity contribution in [3.8, 4) is 11.8 Å². The summed E-state index contributed by atoms with van der Waals surface area (Å²) in [6, 6.07) is 3.41. The van der Waals surface area contributed by atoms with Crippen molar-refractivity contribution in [3.05, 3.63) is 23.0 Å². The van der Waals surface area contributed by atoms with Crippen molar-refractivity contribution in [1.82, 2.24) is 4.90 Å². The molecule has 0 unspecified atom stereocenters. The van der Waals surface area contributed by atoms with Crippen LogP contribution in [-0.2, 0) is 11.2 Å². The van der Waals surface area contributed by atoms with Gasteiger partial charge < -0.3 is 25.0 Å². The number of carbonyl (C=O) groups is 1. The summed E-state index contributed by atoms with van der Waals surface area (Å²) < 4.78 is 25.8. The molecule has 27 heavy (non-hydrogen) atoms. The topological polar surface area (TPSA) is 91.8 Å². The molecule has 0 radical (unpaired) electrons. The predicted octanol–water partition coefficient (Wildman–Crippen LogP) is 2.02.